The van der Waals surface area contributed by atoms with E-state index in [0.717, 1.165) is 76.9 Å². The van der Waals surface area contributed by atoms with Gasteiger partial charge in [-0.2, -0.15) is 5.10 Å². The number of hydrogen-bond donors (Lipinski definition) is 2. The molecule has 0 radical (unpaired) electrons. The van der Waals surface area contributed by atoms with E-state index in [0.29, 0.717) is 13.2 Å². The van der Waals surface area contributed by atoms with Crippen molar-refractivity contribution in [2.75, 3.05) is 26.2 Å². The highest BCUT2D eigenvalue weighted by Gasteiger charge is 2.41. The number of nitrogens with zero attached hydrogens (tertiary/aromatic N) is 3. The number of carbonyl (C=O) groups excluding carboxylic acids is 2. The number of carbonyl (C=O) groups is 2. The van der Waals surface area contributed by atoms with Crippen molar-refractivity contribution in [3.63, 3.8) is 0 Å². The molecular formula is C28H41N5O3. The van der Waals surface area contributed by atoms with E-state index in [1.54, 1.807) is 6.92 Å². The van der Waals surface area contributed by atoms with Crippen LogP contribution in [0.3, 0.4) is 0 Å². The Labute approximate surface area is 214 Å². The summed E-state index contributed by atoms with van der Waals surface area (Å²) in [6.07, 6.45) is 10.5. The van der Waals surface area contributed by atoms with Crippen LogP contribution in [-0.4, -0.2) is 58.8 Å². The molecule has 8 heteroatoms. The van der Waals surface area contributed by atoms with Crippen molar-refractivity contribution in [1.29, 1.82) is 0 Å². The van der Waals surface area contributed by atoms with Crippen LogP contribution in [0.15, 0.2) is 36.7 Å². The summed E-state index contributed by atoms with van der Waals surface area (Å²) in [6.45, 7) is 8.25. The molecule has 4 rings (SSSR count). The van der Waals surface area contributed by atoms with Gasteiger partial charge in [0.05, 0.1) is 18.2 Å². The maximum atomic E-state index is 13.6. The summed E-state index contributed by atoms with van der Waals surface area (Å²) in [7, 11) is 0. The molecule has 196 valence electrons. The Hall–Kier alpha value is -2.87. The number of aryl methyl sites for hydroxylation is 2. The quantitative estimate of drug-likeness (QED) is 0.680. The molecule has 8 nitrogen and oxygen atoms in total. The Morgan fingerprint density at radius 2 is 1.94 bits per heavy atom. The minimum Gasteiger partial charge on any atom is -0.491 e. The molecule has 0 bridgehead atoms. The number of hydrogen-bond acceptors (Lipinski definition) is 5. The van der Waals surface area contributed by atoms with E-state index in [1.165, 1.54) is 11.1 Å². The zero-order valence-corrected chi connectivity index (χ0v) is 21.8. The Morgan fingerprint density at radius 3 is 2.75 bits per heavy atom. The van der Waals surface area contributed by atoms with Crippen LogP contribution in [0, 0.1) is 5.41 Å². The van der Waals surface area contributed by atoms with Gasteiger partial charge >= 0.3 is 0 Å². The number of rotatable bonds is 4. The van der Waals surface area contributed by atoms with Crippen molar-refractivity contribution >= 4 is 11.8 Å². The minimum absolute atomic E-state index is 0.0205. The van der Waals surface area contributed by atoms with E-state index in [9.17, 15) is 9.59 Å². The van der Waals surface area contributed by atoms with E-state index in [2.05, 4.69) is 39.8 Å². The average molecular weight is 496 g/mol. The number of ether oxygens (including phenoxy) is 1. The van der Waals surface area contributed by atoms with Crippen LogP contribution in [0.5, 0.6) is 5.75 Å². The molecule has 3 heterocycles. The van der Waals surface area contributed by atoms with Crippen molar-refractivity contribution in [3.05, 3.63) is 47.8 Å². The van der Waals surface area contributed by atoms with Crippen LogP contribution in [0.2, 0.25) is 0 Å². The van der Waals surface area contributed by atoms with Gasteiger partial charge in [0.2, 0.25) is 11.8 Å². The first-order valence-electron chi connectivity index (χ1n) is 13.5. The molecule has 1 fully saturated rings. The van der Waals surface area contributed by atoms with Crippen molar-refractivity contribution in [2.24, 2.45) is 5.41 Å². The lowest BCUT2D eigenvalue weighted by atomic mass is 9.73. The van der Waals surface area contributed by atoms with Crippen molar-refractivity contribution in [3.8, 4) is 5.75 Å². The monoisotopic (exact) mass is 495 g/mol. The maximum Gasteiger partial charge on any atom is 0.242 e. The van der Waals surface area contributed by atoms with Crippen molar-refractivity contribution in [2.45, 2.75) is 77.9 Å². The predicted octanol–water partition coefficient (Wildman–Crippen LogP) is 3.30. The van der Waals surface area contributed by atoms with E-state index in [4.69, 9.17) is 4.74 Å². The number of fused-ring (bicyclic) bond motifs is 1. The summed E-state index contributed by atoms with van der Waals surface area (Å²) < 4.78 is 7.94. The number of likely N-dealkylation sites (tertiary alicyclic amines) is 1. The molecule has 2 amide bonds. The highest BCUT2D eigenvalue weighted by atomic mass is 16.5. The molecule has 1 aromatic carbocycles. The van der Waals surface area contributed by atoms with Gasteiger partial charge in [0.15, 0.2) is 0 Å². The molecule has 2 N–H and O–H groups in total. The number of amides is 2. The van der Waals surface area contributed by atoms with E-state index < -0.39 is 11.5 Å². The summed E-state index contributed by atoms with van der Waals surface area (Å²) >= 11 is 0. The Balaban J connectivity index is 1.43. The molecule has 36 heavy (non-hydrogen) atoms. The van der Waals surface area contributed by atoms with Gasteiger partial charge in [-0.3, -0.25) is 19.2 Å². The first-order chi connectivity index (χ1) is 17.5. The molecule has 2 aliphatic heterocycles. The molecular weight excluding hydrogens is 454 g/mol. The third kappa shape index (κ3) is 6.66. The predicted molar refractivity (Wildman–Crippen MR) is 140 cm³/mol. The molecule has 0 unspecified atom stereocenters. The standard InChI is InChI=1S/C28H41N5O3/c1-3-15-33-21-23(19-30-33)20-32-16-12-28(13-17-32)11-7-6-9-24-8-4-5-10-25(24)36-18-14-29-26(34)22(2)31-27(28)35/h4-5,8,10,19,21-22H,3,6-7,9,11-18,20H2,1-2H3,(H,29,34)(H,31,35)/t22-/m0/s1. The van der Waals surface area contributed by atoms with E-state index in [-0.39, 0.29) is 11.8 Å². The van der Waals surface area contributed by atoms with Crippen LogP contribution >= 0.6 is 0 Å². The SMILES string of the molecule is CCCn1cc(CN2CCC3(CCCCc4ccccc4OCCNC(=O)[C@H](C)NC3=O)CC2)cn1. The van der Waals surface area contributed by atoms with E-state index >= 15 is 0 Å². The first-order valence-corrected chi connectivity index (χ1v) is 13.5. The van der Waals surface area contributed by atoms with Gasteiger partial charge in [0, 0.05) is 24.8 Å². The second-order valence-corrected chi connectivity index (χ2v) is 10.3. The fourth-order valence-corrected chi connectivity index (χ4v) is 5.36. The molecule has 2 aromatic rings. The molecule has 1 atom stereocenters. The van der Waals surface area contributed by atoms with Crippen LogP contribution in [0.4, 0.5) is 0 Å². The number of para-hydroxylation sites is 1. The summed E-state index contributed by atoms with van der Waals surface area (Å²) in [4.78, 5) is 28.6. The number of benzene rings is 1. The normalized spacial score (nSPS) is 22.0. The molecule has 1 aromatic heterocycles. The number of aromatic nitrogens is 2. The fraction of sp³-hybridized carbons (Fsp3) is 0.607. The zero-order chi connectivity index (χ0) is 25.4. The highest BCUT2D eigenvalue weighted by Crippen LogP contribution is 2.38. The molecule has 1 saturated heterocycles. The summed E-state index contributed by atoms with van der Waals surface area (Å²) in [5, 5.41) is 10.4. The van der Waals surface area contributed by atoms with Crippen molar-refractivity contribution < 1.29 is 14.3 Å². The van der Waals surface area contributed by atoms with Gasteiger partial charge in [-0.1, -0.05) is 31.5 Å². The van der Waals surface area contributed by atoms with Gasteiger partial charge in [-0.05, 0) is 70.2 Å². The topological polar surface area (TPSA) is 88.5 Å². The van der Waals surface area contributed by atoms with Gasteiger partial charge in [-0.15, -0.1) is 0 Å². The molecule has 1 spiro atoms. The van der Waals surface area contributed by atoms with Crippen molar-refractivity contribution in [1.82, 2.24) is 25.3 Å². The summed E-state index contributed by atoms with van der Waals surface area (Å²) in [5.74, 6) is 0.730. The van der Waals surface area contributed by atoms with Gasteiger partial charge in [0.25, 0.3) is 0 Å². The lowest BCUT2D eigenvalue weighted by Gasteiger charge is -2.41. The lowest BCUT2D eigenvalue weighted by molar-refractivity contribution is -0.138. The summed E-state index contributed by atoms with van der Waals surface area (Å²) in [5.41, 5.74) is 1.97. The van der Waals surface area contributed by atoms with Crippen LogP contribution < -0.4 is 15.4 Å². The molecule has 0 aliphatic carbocycles. The smallest absolute Gasteiger partial charge is 0.242 e. The fourth-order valence-electron chi connectivity index (χ4n) is 5.36. The second kappa shape index (κ2) is 12.4. The highest BCUT2D eigenvalue weighted by molar-refractivity contribution is 5.90. The number of piperidine rings is 1. The van der Waals surface area contributed by atoms with Gasteiger partial charge in [0.1, 0.15) is 18.4 Å². The maximum absolute atomic E-state index is 13.6. The largest absolute Gasteiger partial charge is 0.491 e. The lowest BCUT2D eigenvalue weighted by Crippen LogP contribution is -2.53. The number of nitrogens with one attached hydrogen (secondary N) is 2. The third-order valence-electron chi connectivity index (χ3n) is 7.56. The zero-order valence-electron chi connectivity index (χ0n) is 21.8. The van der Waals surface area contributed by atoms with E-state index in [1.807, 2.05) is 29.1 Å². The van der Waals surface area contributed by atoms with Gasteiger partial charge < -0.3 is 15.4 Å². The Bertz CT molecular complexity index is 1010. The second-order valence-electron chi connectivity index (χ2n) is 10.3. The van der Waals surface area contributed by atoms with Crippen LogP contribution in [0.1, 0.15) is 63.5 Å². The third-order valence-corrected chi connectivity index (χ3v) is 7.56. The average Bonchev–Trinajstić information content (AvgIpc) is 3.32. The Kier molecular flexibility index (Phi) is 9.02. The van der Waals surface area contributed by atoms with Gasteiger partial charge in [-0.25, -0.2) is 0 Å². The molecule has 0 saturated carbocycles. The molecule has 2 aliphatic rings. The first kappa shape index (κ1) is 26.2. The minimum atomic E-state index is -0.575. The Morgan fingerprint density at radius 1 is 1.14 bits per heavy atom. The van der Waals surface area contributed by atoms with Crippen LogP contribution in [-0.2, 0) is 29.1 Å². The van der Waals surface area contributed by atoms with Crippen LogP contribution in [0.25, 0.3) is 0 Å². The summed E-state index contributed by atoms with van der Waals surface area (Å²) in [6, 6.07) is 7.54.